The number of aromatic nitrogens is 1. The van der Waals surface area contributed by atoms with Crippen molar-refractivity contribution in [2.24, 2.45) is 5.92 Å². The molecule has 290 valence electrons. The Morgan fingerprint density at radius 1 is 1.13 bits per heavy atom. The van der Waals surface area contributed by atoms with Gasteiger partial charge in [-0.1, -0.05) is 37.1 Å². The number of hydrogen-bond donors (Lipinski definition) is 3. The summed E-state index contributed by atoms with van der Waals surface area (Å²) in [6, 6.07) is 2.05. The van der Waals surface area contributed by atoms with Crippen LogP contribution in [0.4, 0.5) is 0 Å². The SMILES string of the molecule is CCOC(=O)C12C=CC1C=CCCCCCC(NC(O)OC(C)(C)C)C(=O)N1CC3(CCc4c(c(C5CC5)nc5ccc6c(c45)OCO6)O3)CC1C(=O)N2. The van der Waals surface area contributed by atoms with Gasteiger partial charge in [0.15, 0.2) is 17.0 Å². The van der Waals surface area contributed by atoms with Crippen molar-refractivity contribution in [3.63, 3.8) is 0 Å². The Morgan fingerprint density at radius 2 is 1.96 bits per heavy atom. The molecule has 13 heteroatoms. The molecule has 1 saturated heterocycles. The first-order valence-corrected chi connectivity index (χ1v) is 19.6. The fourth-order valence-corrected chi connectivity index (χ4v) is 8.65. The van der Waals surface area contributed by atoms with E-state index in [0.717, 1.165) is 60.7 Å². The fourth-order valence-electron chi connectivity index (χ4n) is 8.65. The Morgan fingerprint density at radius 3 is 2.70 bits per heavy atom. The number of allylic oxidation sites excluding steroid dienone is 1. The van der Waals surface area contributed by atoms with Crippen molar-refractivity contribution < 1.29 is 43.2 Å². The van der Waals surface area contributed by atoms with Crippen molar-refractivity contribution in [1.29, 1.82) is 0 Å². The summed E-state index contributed by atoms with van der Waals surface area (Å²) in [5.74, 6) is 0.569. The molecular formula is C41H52N4O9. The molecule has 13 nitrogen and oxygen atoms in total. The lowest BCUT2D eigenvalue weighted by atomic mass is 9.73. The predicted octanol–water partition coefficient (Wildman–Crippen LogP) is 4.68. The highest BCUT2D eigenvalue weighted by atomic mass is 16.7. The number of ether oxygens (including phenoxy) is 5. The van der Waals surface area contributed by atoms with Gasteiger partial charge in [-0.15, -0.1) is 0 Å². The lowest BCUT2D eigenvalue weighted by molar-refractivity contribution is -0.188. The largest absolute Gasteiger partial charge is 0.483 e. The van der Waals surface area contributed by atoms with Gasteiger partial charge < -0.3 is 39.0 Å². The van der Waals surface area contributed by atoms with Crippen molar-refractivity contribution in [2.45, 2.75) is 133 Å². The van der Waals surface area contributed by atoms with E-state index in [4.69, 9.17) is 28.7 Å². The van der Waals surface area contributed by atoms with Crippen LogP contribution >= 0.6 is 0 Å². The summed E-state index contributed by atoms with van der Waals surface area (Å²) in [6.07, 6.45) is 13.2. The number of carbonyl (C=O) groups excluding carboxylic acids is 3. The standard InChI is InChI=1S/C41H52N4O9/c1-5-50-37(48)41-20-17-25(41)11-9-7-6-8-10-12-28(43-38(49)54-39(2,3)4)36(47)45-22-40(21-29(45)35(46)44-41)19-18-26-31-27(15-16-30-34(31)52-23-51-30)42-32(24-13-14-24)33(26)53-40/h9,11,15-17,20,24-25,28-29,38,43,49H,5-8,10,12-14,18-19,21-23H2,1-4H3,(H,44,46). The molecule has 6 aliphatic rings. The number of aliphatic hydroxyl groups excluding tert-OH is 1. The van der Waals surface area contributed by atoms with Crippen LogP contribution in [-0.2, 0) is 30.3 Å². The Kier molecular flexibility index (Phi) is 9.63. The molecule has 6 atom stereocenters. The lowest BCUT2D eigenvalue weighted by Crippen LogP contribution is -2.65. The third kappa shape index (κ3) is 6.83. The molecule has 6 unspecified atom stereocenters. The average Bonchev–Trinajstić information content (AvgIpc) is 3.73. The first-order valence-electron chi connectivity index (χ1n) is 19.6. The molecule has 2 aliphatic carbocycles. The summed E-state index contributed by atoms with van der Waals surface area (Å²) in [4.78, 5) is 49.8. The van der Waals surface area contributed by atoms with Crippen LogP contribution in [-0.4, -0.2) is 88.0 Å². The number of nitrogens with zero attached hydrogens (tertiary/aromatic N) is 2. The third-order valence-corrected chi connectivity index (χ3v) is 11.5. The minimum Gasteiger partial charge on any atom is -0.483 e. The maximum absolute atomic E-state index is 14.8. The fraction of sp³-hybridized carbons (Fsp3) is 0.610. The Labute approximate surface area is 315 Å². The van der Waals surface area contributed by atoms with Gasteiger partial charge >= 0.3 is 5.97 Å². The van der Waals surface area contributed by atoms with E-state index in [2.05, 4.69) is 10.6 Å². The van der Waals surface area contributed by atoms with Crippen LogP contribution in [0.1, 0.15) is 103 Å². The third-order valence-electron chi connectivity index (χ3n) is 11.5. The van der Waals surface area contributed by atoms with Gasteiger partial charge in [-0.3, -0.25) is 14.9 Å². The molecule has 1 aromatic carbocycles. The first-order chi connectivity index (χ1) is 25.9. The van der Waals surface area contributed by atoms with Crippen LogP contribution in [0, 0.1) is 5.92 Å². The molecule has 1 saturated carbocycles. The first kappa shape index (κ1) is 36.8. The van der Waals surface area contributed by atoms with Crippen molar-refractivity contribution >= 4 is 28.7 Å². The van der Waals surface area contributed by atoms with Crippen LogP contribution < -0.4 is 24.8 Å². The predicted molar refractivity (Wildman–Crippen MR) is 198 cm³/mol. The van der Waals surface area contributed by atoms with E-state index < -0.39 is 53.0 Å². The smallest absolute Gasteiger partial charge is 0.336 e. The van der Waals surface area contributed by atoms with Gasteiger partial charge in [0.1, 0.15) is 17.4 Å². The molecule has 0 bridgehead atoms. The quantitative estimate of drug-likeness (QED) is 0.214. The van der Waals surface area contributed by atoms with Gasteiger partial charge in [-0.2, -0.15) is 0 Å². The molecular weight excluding hydrogens is 692 g/mol. The highest BCUT2D eigenvalue weighted by molar-refractivity contribution is 5.97. The Bertz CT molecular complexity index is 1890. The minimum absolute atomic E-state index is 0.135. The summed E-state index contributed by atoms with van der Waals surface area (Å²) in [5.41, 5.74) is -0.247. The van der Waals surface area contributed by atoms with Crippen LogP contribution in [0.15, 0.2) is 36.4 Å². The topological polar surface area (TPSA) is 158 Å². The number of esters is 1. The normalized spacial score (nSPS) is 30.0. The second kappa shape index (κ2) is 14.1. The number of carbonyl (C=O) groups is 3. The Hall–Kier alpha value is -4.20. The van der Waals surface area contributed by atoms with E-state index >= 15 is 0 Å². The molecule has 2 aromatic rings. The molecule has 1 aromatic heterocycles. The van der Waals surface area contributed by atoms with Crippen molar-refractivity contribution in [3.8, 4) is 17.2 Å². The number of amides is 2. The number of aryl methyl sites for hydroxylation is 1. The van der Waals surface area contributed by atoms with Gasteiger partial charge in [0.05, 0.1) is 41.4 Å². The summed E-state index contributed by atoms with van der Waals surface area (Å²) in [7, 11) is 0. The summed E-state index contributed by atoms with van der Waals surface area (Å²) < 4.78 is 30.1. The summed E-state index contributed by atoms with van der Waals surface area (Å²) in [5, 5.41) is 17.9. The molecule has 2 amide bonds. The molecule has 5 heterocycles. The molecule has 4 aliphatic heterocycles. The van der Waals surface area contributed by atoms with Gasteiger partial charge in [0.2, 0.25) is 25.0 Å². The summed E-state index contributed by atoms with van der Waals surface area (Å²) >= 11 is 0. The van der Waals surface area contributed by atoms with E-state index in [1.165, 1.54) is 0 Å². The maximum Gasteiger partial charge on any atom is 0.336 e. The second-order valence-electron chi connectivity index (χ2n) is 16.6. The lowest BCUT2D eigenvalue weighted by Gasteiger charge is -2.41. The zero-order valence-electron chi connectivity index (χ0n) is 31.7. The average molecular weight is 745 g/mol. The molecule has 1 spiro atoms. The monoisotopic (exact) mass is 744 g/mol. The number of nitrogens with one attached hydrogen (secondary N) is 2. The van der Waals surface area contributed by atoms with Crippen LogP contribution in [0.2, 0.25) is 0 Å². The van der Waals surface area contributed by atoms with E-state index in [-0.39, 0.29) is 38.2 Å². The molecule has 0 radical (unpaired) electrons. The van der Waals surface area contributed by atoms with Crippen LogP contribution in [0.3, 0.4) is 0 Å². The number of pyridine rings is 1. The van der Waals surface area contributed by atoms with E-state index in [0.29, 0.717) is 36.5 Å². The van der Waals surface area contributed by atoms with E-state index in [1.54, 1.807) is 17.9 Å². The van der Waals surface area contributed by atoms with Crippen molar-refractivity contribution in [2.75, 3.05) is 19.9 Å². The zero-order valence-corrected chi connectivity index (χ0v) is 31.7. The Balaban J connectivity index is 1.17. The number of benzene rings is 1. The molecule has 2 fully saturated rings. The zero-order chi connectivity index (χ0) is 37.8. The molecule has 8 rings (SSSR count). The molecule has 3 N–H and O–H groups in total. The minimum atomic E-state index is -1.41. The highest BCUT2D eigenvalue weighted by Gasteiger charge is 2.57. The number of fused-ring (bicyclic) bond motifs is 7. The van der Waals surface area contributed by atoms with Gasteiger partial charge in [0.25, 0.3) is 0 Å². The number of rotatable bonds is 6. The van der Waals surface area contributed by atoms with E-state index in [9.17, 15) is 19.5 Å². The molecule has 54 heavy (non-hydrogen) atoms. The van der Waals surface area contributed by atoms with Crippen molar-refractivity contribution in [1.82, 2.24) is 20.5 Å². The van der Waals surface area contributed by atoms with Gasteiger partial charge in [0, 0.05) is 23.8 Å². The van der Waals surface area contributed by atoms with Crippen molar-refractivity contribution in [3.05, 3.63) is 47.7 Å². The highest BCUT2D eigenvalue weighted by Crippen LogP contribution is 2.53. The number of hydrogen-bond acceptors (Lipinski definition) is 11. The van der Waals surface area contributed by atoms with Crippen LogP contribution in [0.5, 0.6) is 17.2 Å². The van der Waals surface area contributed by atoms with Gasteiger partial charge in [-0.05, 0) is 84.8 Å². The number of aliphatic hydroxyl groups is 1. The van der Waals surface area contributed by atoms with Crippen LogP contribution in [0.25, 0.3) is 10.9 Å². The summed E-state index contributed by atoms with van der Waals surface area (Å²) in [6.45, 7) is 7.65. The second-order valence-corrected chi connectivity index (χ2v) is 16.6. The van der Waals surface area contributed by atoms with Gasteiger partial charge in [-0.25, -0.2) is 9.78 Å². The van der Waals surface area contributed by atoms with E-state index in [1.807, 2.05) is 51.1 Å². The maximum atomic E-state index is 14.8.